The molecule has 2 aromatic carbocycles. The molecule has 3 aromatic rings. The Hall–Kier alpha value is -3.53. The molecule has 220 valence electrons. The van der Waals surface area contributed by atoms with Crippen LogP contribution in [0.1, 0.15) is 34.5 Å². The van der Waals surface area contributed by atoms with E-state index in [9.17, 15) is 26.4 Å². The van der Waals surface area contributed by atoms with Crippen LogP contribution < -0.4 is 16.0 Å². The predicted octanol–water partition coefficient (Wildman–Crippen LogP) is 3.71. The zero-order valence-electron chi connectivity index (χ0n) is 22.7. The normalized spacial score (nSPS) is 14.4. The molecule has 1 fully saturated rings. The summed E-state index contributed by atoms with van der Waals surface area (Å²) in [5.41, 5.74) is 2.77. The van der Waals surface area contributed by atoms with Crippen LogP contribution in [-0.2, 0) is 27.7 Å². The van der Waals surface area contributed by atoms with E-state index in [2.05, 4.69) is 27.8 Å². The summed E-state index contributed by atoms with van der Waals surface area (Å²) in [4.78, 5) is 12.2. The second-order valence-corrected chi connectivity index (χ2v) is 12.3. The van der Waals surface area contributed by atoms with Gasteiger partial charge in [0.25, 0.3) is 5.91 Å². The molecule has 1 saturated heterocycles. The van der Waals surface area contributed by atoms with E-state index in [-0.39, 0.29) is 30.4 Å². The number of sulfone groups is 1. The first-order valence-corrected chi connectivity index (χ1v) is 15.3. The number of nitrogens with zero attached hydrogens (tertiary/aromatic N) is 1. The van der Waals surface area contributed by atoms with Gasteiger partial charge in [0.05, 0.1) is 18.0 Å². The zero-order chi connectivity index (χ0) is 29.5. The maximum absolute atomic E-state index is 13.4. The third kappa shape index (κ3) is 9.52. The smallest absolute Gasteiger partial charge is 0.381 e. The van der Waals surface area contributed by atoms with Gasteiger partial charge in [0.1, 0.15) is 16.4 Å². The van der Waals surface area contributed by atoms with Crippen molar-refractivity contribution in [3.05, 3.63) is 65.4 Å². The molecule has 0 bridgehead atoms. The summed E-state index contributed by atoms with van der Waals surface area (Å²) in [6.07, 6.45) is -1.43. The average molecular weight is 591 g/mol. The van der Waals surface area contributed by atoms with Crippen molar-refractivity contribution in [3.63, 3.8) is 0 Å². The van der Waals surface area contributed by atoms with E-state index < -0.39 is 22.6 Å². The minimum absolute atomic E-state index is 0.0207. The summed E-state index contributed by atoms with van der Waals surface area (Å²) in [6.45, 7) is 1.13. The van der Waals surface area contributed by atoms with Gasteiger partial charge in [-0.25, -0.2) is 8.42 Å². The average Bonchev–Trinajstić information content (AvgIpc) is 3.25. The van der Waals surface area contributed by atoms with E-state index in [0.29, 0.717) is 34.7 Å². The number of anilines is 1. The summed E-state index contributed by atoms with van der Waals surface area (Å²) in [5, 5.41) is 9.81. The van der Waals surface area contributed by atoms with Crippen molar-refractivity contribution in [1.82, 2.24) is 15.2 Å². The molecule has 0 unspecified atom stereocenters. The van der Waals surface area contributed by atoms with E-state index in [4.69, 9.17) is 4.74 Å². The van der Waals surface area contributed by atoms with E-state index >= 15 is 0 Å². The summed E-state index contributed by atoms with van der Waals surface area (Å²) in [5.74, 6) is 5.23. The number of hydrogen-bond acceptors (Lipinski definition) is 6. The van der Waals surface area contributed by atoms with Crippen molar-refractivity contribution in [2.75, 3.05) is 43.6 Å². The number of rotatable bonds is 10. The minimum Gasteiger partial charge on any atom is -0.381 e. The number of amides is 1. The summed E-state index contributed by atoms with van der Waals surface area (Å²) < 4.78 is 69.1. The number of alkyl halides is 3. The fourth-order valence-corrected chi connectivity index (χ4v) is 4.99. The van der Waals surface area contributed by atoms with Crippen molar-refractivity contribution < 1.29 is 31.1 Å². The second kappa shape index (κ2) is 13.4. The van der Waals surface area contributed by atoms with Gasteiger partial charge in [-0.2, -0.15) is 13.2 Å². The Morgan fingerprint density at radius 2 is 1.83 bits per heavy atom. The molecule has 1 aliphatic rings. The standard InChI is InChI=1S/C29H33F3N4O4S/c1-41(38,39)16-13-34-28(37)22-5-7-24(8-6-22)33-12-2-3-26-18-23-17-21(19-35-25-10-14-40-15-11-25)4-9-27(23)36(26)20-29(30,31)32/h4-9,17-18,25,33,35H,10-16,19-20H2,1H3,(H,34,37). The van der Waals surface area contributed by atoms with Crippen LogP contribution >= 0.6 is 0 Å². The van der Waals surface area contributed by atoms with Gasteiger partial charge in [0.2, 0.25) is 0 Å². The molecule has 0 spiro atoms. The maximum atomic E-state index is 13.4. The predicted molar refractivity (Wildman–Crippen MR) is 153 cm³/mol. The van der Waals surface area contributed by atoms with Gasteiger partial charge in [0.15, 0.2) is 0 Å². The zero-order valence-corrected chi connectivity index (χ0v) is 23.5. The molecule has 2 heterocycles. The van der Waals surface area contributed by atoms with Gasteiger partial charge >= 0.3 is 6.18 Å². The summed E-state index contributed by atoms with van der Waals surface area (Å²) >= 11 is 0. The quantitative estimate of drug-likeness (QED) is 0.312. The van der Waals surface area contributed by atoms with Crippen molar-refractivity contribution >= 4 is 32.3 Å². The highest BCUT2D eigenvalue weighted by Gasteiger charge is 2.29. The topological polar surface area (TPSA) is 101 Å². The lowest BCUT2D eigenvalue weighted by atomic mass is 10.1. The molecule has 0 atom stereocenters. The van der Waals surface area contributed by atoms with Crippen molar-refractivity contribution in [1.29, 1.82) is 0 Å². The second-order valence-electron chi connectivity index (χ2n) is 10.0. The number of benzene rings is 2. The number of hydrogen-bond donors (Lipinski definition) is 3. The Morgan fingerprint density at radius 3 is 2.51 bits per heavy atom. The van der Waals surface area contributed by atoms with Gasteiger partial charge in [-0.15, -0.1) is 0 Å². The van der Waals surface area contributed by atoms with E-state index in [1.54, 1.807) is 36.4 Å². The summed E-state index contributed by atoms with van der Waals surface area (Å²) in [6, 6.07) is 14.0. The van der Waals surface area contributed by atoms with E-state index in [1.807, 2.05) is 12.1 Å². The highest BCUT2D eigenvalue weighted by Crippen LogP contribution is 2.26. The van der Waals surface area contributed by atoms with Crippen LogP contribution in [-0.4, -0.2) is 69.4 Å². The van der Waals surface area contributed by atoms with Crippen LogP contribution in [0, 0.1) is 11.8 Å². The first kappa shape index (κ1) is 30.4. The molecular formula is C29H33F3N4O4S. The fraction of sp³-hybridized carbons (Fsp3) is 0.414. The molecule has 0 aliphatic carbocycles. The van der Waals surface area contributed by atoms with Crippen molar-refractivity contribution in [2.45, 2.75) is 38.1 Å². The molecule has 1 aliphatic heterocycles. The summed E-state index contributed by atoms with van der Waals surface area (Å²) in [7, 11) is -3.17. The lowest BCUT2D eigenvalue weighted by Gasteiger charge is -2.23. The first-order valence-electron chi connectivity index (χ1n) is 13.3. The van der Waals surface area contributed by atoms with Crippen molar-refractivity contribution in [2.24, 2.45) is 0 Å². The SMILES string of the molecule is CS(=O)(=O)CCNC(=O)c1ccc(NCC#Cc2cc3cc(CNC4CCOCC4)ccc3n2CC(F)(F)F)cc1. The van der Waals surface area contributed by atoms with Crippen LogP contribution in [0.25, 0.3) is 10.9 Å². The number of ether oxygens (including phenoxy) is 1. The Morgan fingerprint density at radius 1 is 1.10 bits per heavy atom. The highest BCUT2D eigenvalue weighted by molar-refractivity contribution is 7.90. The molecule has 1 amide bonds. The Kier molecular flexibility index (Phi) is 9.96. The lowest BCUT2D eigenvalue weighted by molar-refractivity contribution is -0.140. The monoisotopic (exact) mass is 590 g/mol. The van der Waals surface area contributed by atoms with Gasteiger partial charge in [-0.1, -0.05) is 12.0 Å². The number of aromatic nitrogens is 1. The maximum Gasteiger partial charge on any atom is 0.406 e. The highest BCUT2D eigenvalue weighted by atomic mass is 32.2. The van der Waals surface area contributed by atoms with Gasteiger partial charge in [0, 0.05) is 60.8 Å². The molecule has 3 N–H and O–H groups in total. The van der Waals surface area contributed by atoms with E-state index in [0.717, 1.165) is 37.9 Å². The third-order valence-electron chi connectivity index (χ3n) is 6.62. The largest absolute Gasteiger partial charge is 0.406 e. The Bertz CT molecular complexity index is 1520. The molecule has 0 radical (unpaired) electrons. The molecule has 0 saturated carbocycles. The molecule has 41 heavy (non-hydrogen) atoms. The van der Waals surface area contributed by atoms with Gasteiger partial charge in [-0.05, 0) is 66.8 Å². The minimum atomic E-state index is -4.40. The number of fused-ring (bicyclic) bond motifs is 1. The fourth-order valence-electron chi connectivity index (χ4n) is 4.52. The number of carbonyl (C=O) groups is 1. The van der Waals surface area contributed by atoms with E-state index in [1.165, 1.54) is 4.57 Å². The number of halogens is 3. The molecule has 8 nitrogen and oxygen atoms in total. The number of carbonyl (C=O) groups excluding carboxylic acids is 1. The Balaban J connectivity index is 1.40. The van der Waals surface area contributed by atoms with Crippen LogP contribution in [0.4, 0.5) is 18.9 Å². The number of nitrogens with one attached hydrogen (secondary N) is 3. The lowest BCUT2D eigenvalue weighted by Crippen LogP contribution is -2.34. The molecule has 12 heteroatoms. The molecular weight excluding hydrogens is 557 g/mol. The molecule has 4 rings (SSSR count). The third-order valence-corrected chi connectivity index (χ3v) is 7.57. The van der Waals surface area contributed by atoms with Crippen LogP contribution in [0.15, 0.2) is 48.5 Å². The van der Waals surface area contributed by atoms with Crippen molar-refractivity contribution in [3.8, 4) is 11.8 Å². The first-order chi connectivity index (χ1) is 19.5. The van der Waals surface area contributed by atoms with Crippen LogP contribution in [0.2, 0.25) is 0 Å². The van der Waals surface area contributed by atoms with Gasteiger partial charge in [-0.3, -0.25) is 4.79 Å². The van der Waals surface area contributed by atoms with Gasteiger partial charge < -0.3 is 25.3 Å². The van der Waals surface area contributed by atoms with Crippen LogP contribution in [0.3, 0.4) is 0 Å². The van der Waals surface area contributed by atoms with Crippen LogP contribution in [0.5, 0.6) is 0 Å². The molecule has 1 aromatic heterocycles. The Labute approximate surface area is 237 Å².